The van der Waals surface area contributed by atoms with E-state index in [1.807, 2.05) is 0 Å². The summed E-state index contributed by atoms with van der Waals surface area (Å²) in [4.78, 5) is 11.9. The van der Waals surface area contributed by atoms with Gasteiger partial charge in [-0.1, -0.05) is 6.92 Å². The molecule has 0 bridgehead atoms. The number of nitrogens with one attached hydrogen (secondary N) is 2. The van der Waals surface area contributed by atoms with E-state index in [1.165, 1.54) is 0 Å². The molecule has 3 atom stereocenters. The first-order chi connectivity index (χ1) is 9.87. The minimum Gasteiger partial charge on any atom is -0.325 e. The van der Waals surface area contributed by atoms with E-state index in [0.717, 1.165) is 24.8 Å². The van der Waals surface area contributed by atoms with Gasteiger partial charge in [0.2, 0.25) is 15.9 Å². The Bertz CT molecular complexity index is 684. The fraction of sp³-hybridized carbons (Fsp3) is 0.533. The summed E-state index contributed by atoms with van der Waals surface area (Å²) in [6.07, 6.45) is 2.84. The Morgan fingerprint density at radius 1 is 1.24 bits per heavy atom. The summed E-state index contributed by atoms with van der Waals surface area (Å²) < 4.78 is 27.7. The summed E-state index contributed by atoms with van der Waals surface area (Å²) in [5.41, 5.74) is 1.46. The lowest BCUT2D eigenvalue weighted by atomic mass is 10.0. The molecule has 1 saturated carbocycles. The van der Waals surface area contributed by atoms with Crippen molar-refractivity contribution in [2.45, 2.75) is 50.0 Å². The van der Waals surface area contributed by atoms with E-state index < -0.39 is 10.0 Å². The van der Waals surface area contributed by atoms with Crippen molar-refractivity contribution >= 4 is 21.6 Å². The zero-order chi connectivity index (χ0) is 15.2. The lowest BCUT2D eigenvalue weighted by Gasteiger charge is -2.14. The number of rotatable bonds is 3. The van der Waals surface area contributed by atoms with E-state index >= 15 is 0 Å². The van der Waals surface area contributed by atoms with E-state index in [-0.39, 0.29) is 22.8 Å². The van der Waals surface area contributed by atoms with Gasteiger partial charge >= 0.3 is 0 Å². The second-order valence-corrected chi connectivity index (χ2v) is 7.91. The van der Waals surface area contributed by atoms with Gasteiger partial charge in [-0.05, 0) is 55.9 Å². The van der Waals surface area contributed by atoms with Crippen LogP contribution in [0.3, 0.4) is 0 Å². The largest absolute Gasteiger partial charge is 0.325 e. The molecule has 0 aromatic heterocycles. The number of carbonyl (C=O) groups is 1. The van der Waals surface area contributed by atoms with Gasteiger partial charge in [-0.15, -0.1) is 0 Å². The molecule has 1 aromatic carbocycles. The average molecular weight is 308 g/mol. The summed E-state index contributed by atoms with van der Waals surface area (Å²) in [5, 5.41) is 2.75. The highest BCUT2D eigenvalue weighted by molar-refractivity contribution is 7.89. The van der Waals surface area contributed by atoms with Crippen LogP contribution in [0.25, 0.3) is 0 Å². The first-order valence-electron chi connectivity index (χ1n) is 7.34. The zero-order valence-corrected chi connectivity index (χ0v) is 13.0. The molecule has 1 aromatic rings. The van der Waals surface area contributed by atoms with Crippen molar-refractivity contribution in [2.24, 2.45) is 5.92 Å². The van der Waals surface area contributed by atoms with Crippen molar-refractivity contribution in [1.82, 2.24) is 4.72 Å². The molecular formula is C15H20N2O3S. The Balaban J connectivity index is 1.85. The first kappa shape index (κ1) is 14.5. The van der Waals surface area contributed by atoms with E-state index in [1.54, 1.807) is 25.1 Å². The monoisotopic (exact) mass is 308 g/mol. The number of anilines is 1. The quantitative estimate of drug-likeness (QED) is 0.899. The maximum absolute atomic E-state index is 12.5. The minimum absolute atomic E-state index is 0.0236. The van der Waals surface area contributed by atoms with Gasteiger partial charge in [-0.3, -0.25) is 4.79 Å². The van der Waals surface area contributed by atoms with Gasteiger partial charge in [0.25, 0.3) is 0 Å². The maximum atomic E-state index is 12.5. The van der Waals surface area contributed by atoms with E-state index in [9.17, 15) is 13.2 Å². The van der Waals surface area contributed by atoms with Gasteiger partial charge in [0.05, 0.1) is 10.8 Å². The minimum atomic E-state index is -3.52. The molecular weight excluding hydrogens is 288 g/mol. The molecule has 3 unspecified atom stereocenters. The highest BCUT2D eigenvalue weighted by Crippen LogP contribution is 2.34. The molecule has 114 valence electrons. The number of amides is 1. The van der Waals surface area contributed by atoms with Crippen LogP contribution in [0.5, 0.6) is 0 Å². The summed E-state index contributed by atoms with van der Waals surface area (Å²) in [6.45, 7) is 3.92. The summed E-state index contributed by atoms with van der Waals surface area (Å²) in [6, 6.07) is 4.86. The molecule has 1 heterocycles. The van der Waals surface area contributed by atoms with Crippen molar-refractivity contribution in [3.63, 3.8) is 0 Å². The van der Waals surface area contributed by atoms with Gasteiger partial charge in [0.1, 0.15) is 0 Å². The number of fused-ring (bicyclic) bond motifs is 1. The predicted molar refractivity (Wildman–Crippen MR) is 80.6 cm³/mol. The van der Waals surface area contributed by atoms with Crippen molar-refractivity contribution in [3.05, 3.63) is 23.8 Å². The molecule has 5 nitrogen and oxygen atoms in total. The molecule has 0 radical (unpaired) electrons. The Hall–Kier alpha value is -1.40. The number of carbonyl (C=O) groups excluding carboxylic acids is 1. The summed E-state index contributed by atoms with van der Waals surface area (Å²) >= 11 is 0. The predicted octanol–water partition coefficient (Wildman–Crippen LogP) is 2.21. The lowest BCUT2D eigenvalue weighted by Crippen LogP contribution is -2.33. The Kier molecular flexibility index (Phi) is 3.53. The van der Waals surface area contributed by atoms with E-state index in [0.29, 0.717) is 11.6 Å². The SMILES string of the molecule is CC1CCC(NS(=O)(=O)c2ccc3c(c2)C(C)C(=O)N3)C1. The molecule has 1 amide bonds. The van der Waals surface area contributed by atoms with Crippen molar-refractivity contribution in [3.8, 4) is 0 Å². The van der Waals surface area contributed by atoms with E-state index in [2.05, 4.69) is 17.0 Å². The summed E-state index contributed by atoms with van der Waals surface area (Å²) in [5.74, 6) is 0.179. The van der Waals surface area contributed by atoms with Gasteiger partial charge in [0, 0.05) is 11.7 Å². The third-order valence-corrected chi connectivity index (χ3v) is 5.99. The van der Waals surface area contributed by atoms with Crippen LogP contribution in [0.1, 0.15) is 44.6 Å². The molecule has 3 rings (SSSR count). The van der Waals surface area contributed by atoms with Gasteiger partial charge in [0.15, 0.2) is 0 Å². The first-order valence-corrected chi connectivity index (χ1v) is 8.82. The normalized spacial score (nSPS) is 28.5. The third-order valence-electron chi connectivity index (χ3n) is 4.47. The van der Waals surface area contributed by atoms with Crippen molar-refractivity contribution < 1.29 is 13.2 Å². The lowest BCUT2D eigenvalue weighted by molar-refractivity contribution is -0.116. The van der Waals surface area contributed by atoms with Crippen LogP contribution in [-0.2, 0) is 14.8 Å². The maximum Gasteiger partial charge on any atom is 0.240 e. The second kappa shape index (κ2) is 5.10. The number of sulfonamides is 1. The average Bonchev–Trinajstić information content (AvgIpc) is 2.94. The smallest absolute Gasteiger partial charge is 0.240 e. The van der Waals surface area contributed by atoms with Crippen LogP contribution in [0.4, 0.5) is 5.69 Å². The molecule has 6 heteroatoms. The standard InChI is InChI=1S/C15H20N2O3S/c1-9-3-4-11(7-9)17-21(19,20)12-5-6-14-13(8-12)10(2)15(18)16-14/h5-6,8-11,17H,3-4,7H2,1-2H3,(H,16,18). The molecule has 1 fully saturated rings. The molecule has 0 saturated heterocycles. The Morgan fingerprint density at radius 2 is 2.00 bits per heavy atom. The number of hydrogen-bond acceptors (Lipinski definition) is 3. The topological polar surface area (TPSA) is 75.3 Å². The third kappa shape index (κ3) is 2.70. The van der Waals surface area contributed by atoms with Crippen molar-refractivity contribution in [1.29, 1.82) is 0 Å². The van der Waals surface area contributed by atoms with Gasteiger partial charge < -0.3 is 5.32 Å². The van der Waals surface area contributed by atoms with Gasteiger partial charge in [-0.25, -0.2) is 13.1 Å². The molecule has 0 spiro atoms. The Labute approximate surface area is 125 Å². The highest BCUT2D eigenvalue weighted by atomic mass is 32.2. The van der Waals surface area contributed by atoms with Crippen molar-refractivity contribution in [2.75, 3.05) is 5.32 Å². The molecule has 1 aliphatic heterocycles. The highest BCUT2D eigenvalue weighted by Gasteiger charge is 2.30. The summed E-state index contributed by atoms with van der Waals surface area (Å²) in [7, 11) is -3.52. The molecule has 1 aliphatic carbocycles. The second-order valence-electron chi connectivity index (χ2n) is 6.20. The number of benzene rings is 1. The van der Waals surface area contributed by atoms with Crippen LogP contribution < -0.4 is 10.0 Å². The fourth-order valence-electron chi connectivity index (χ4n) is 3.16. The molecule has 21 heavy (non-hydrogen) atoms. The van der Waals surface area contributed by atoms with Crippen LogP contribution >= 0.6 is 0 Å². The Morgan fingerprint density at radius 3 is 2.67 bits per heavy atom. The molecule has 2 aliphatic rings. The number of hydrogen-bond donors (Lipinski definition) is 2. The van der Waals surface area contributed by atoms with Crippen LogP contribution in [-0.4, -0.2) is 20.4 Å². The zero-order valence-electron chi connectivity index (χ0n) is 12.2. The van der Waals surface area contributed by atoms with Crippen LogP contribution in [0, 0.1) is 5.92 Å². The van der Waals surface area contributed by atoms with Crippen LogP contribution in [0.15, 0.2) is 23.1 Å². The fourth-order valence-corrected chi connectivity index (χ4v) is 4.48. The van der Waals surface area contributed by atoms with E-state index in [4.69, 9.17) is 0 Å². The molecule has 2 N–H and O–H groups in total. The van der Waals surface area contributed by atoms with Gasteiger partial charge in [-0.2, -0.15) is 0 Å². The van der Waals surface area contributed by atoms with Crippen LogP contribution in [0.2, 0.25) is 0 Å².